The molecule has 0 aliphatic carbocycles. The Morgan fingerprint density at radius 2 is 1.69 bits per heavy atom. The molecule has 0 atom stereocenters. The van der Waals surface area contributed by atoms with Gasteiger partial charge in [-0.15, -0.1) is 0 Å². The lowest BCUT2D eigenvalue weighted by Crippen LogP contribution is -2.22. The van der Waals surface area contributed by atoms with E-state index >= 15 is 0 Å². The normalized spacial score (nSPS) is 14.3. The SMILES string of the molecule is CC1(c2cccc(COc3ccc(C(=O)O)c(C(=O)O)c3)c2)OC=CO1. The minimum absolute atomic E-state index is 0.169. The second kappa shape index (κ2) is 6.79. The van der Waals surface area contributed by atoms with Crippen molar-refractivity contribution >= 4 is 11.9 Å². The molecule has 1 aliphatic heterocycles. The van der Waals surface area contributed by atoms with Gasteiger partial charge < -0.3 is 24.4 Å². The lowest BCUT2D eigenvalue weighted by molar-refractivity contribution is -0.133. The molecule has 1 heterocycles. The third kappa shape index (κ3) is 3.46. The van der Waals surface area contributed by atoms with E-state index in [1.165, 1.54) is 30.7 Å². The van der Waals surface area contributed by atoms with E-state index in [9.17, 15) is 9.59 Å². The quantitative estimate of drug-likeness (QED) is 0.818. The molecule has 0 radical (unpaired) electrons. The third-order valence-electron chi connectivity index (χ3n) is 3.95. The number of carboxylic acids is 2. The van der Waals surface area contributed by atoms with Crippen LogP contribution < -0.4 is 4.74 Å². The largest absolute Gasteiger partial charge is 0.489 e. The fraction of sp³-hybridized carbons (Fsp3) is 0.158. The summed E-state index contributed by atoms with van der Waals surface area (Å²) in [6.07, 6.45) is 2.95. The first kappa shape index (κ1) is 17.3. The van der Waals surface area contributed by atoms with Gasteiger partial charge >= 0.3 is 11.9 Å². The first-order chi connectivity index (χ1) is 12.4. The van der Waals surface area contributed by atoms with Crippen molar-refractivity contribution in [2.75, 3.05) is 0 Å². The van der Waals surface area contributed by atoms with Crippen molar-refractivity contribution < 1.29 is 34.0 Å². The zero-order chi connectivity index (χ0) is 18.7. The summed E-state index contributed by atoms with van der Waals surface area (Å²) < 4.78 is 16.5. The number of benzene rings is 2. The second-order valence-corrected chi connectivity index (χ2v) is 5.76. The summed E-state index contributed by atoms with van der Waals surface area (Å²) >= 11 is 0. The maximum Gasteiger partial charge on any atom is 0.336 e. The molecule has 0 saturated heterocycles. The van der Waals surface area contributed by atoms with E-state index in [0.717, 1.165) is 11.1 Å². The molecule has 0 unspecified atom stereocenters. The Balaban J connectivity index is 1.76. The Hall–Kier alpha value is -3.48. The van der Waals surface area contributed by atoms with Crippen LogP contribution in [0.4, 0.5) is 0 Å². The Morgan fingerprint density at radius 3 is 2.35 bits per heavy atom. The van der Waals surface area contributed by atoms with Gasteiger partial charge in [0.2, 0.25) is 0 Å². The number of ether oxygens (including phenoxy) is 3. The number of rotatable bonds is 6. The molecule has 0 saturated carbocycles. The van der Waals surface area contributed by atoms with Crippen LogP contribution in [0.2, 0.25) is 0 Å². The molecular formula is C19H16O7. The van der Waals surface area contributed by atoms with E-state index in [0.29, 0.717) is 0 Å². The van der Waals surface area contributed by atoms with E-state index in [1.54, 1.807) is 6.92 Å². The molecule has 26 heavy (non-hydrogen) atoms. The molecule has 7 heteroatoms. The zero-order valence-electron chi connectivity index (χ0n) is 13.8. The van der Waals surface area contributed by atoms with E-state index in [2.05, 4.69) is 0 Å². The van der Waals surface area contributed by atoms with Gasteiger partial charge in [0.05, 0.1) is 11.1 Å². The molecule has 7 nitrogen and oxygen atoms in total. The monoisotopic (exact) mass is 356 g/mol. The predicted molar refractivity (Wildman–Crippen MR) is 89.8 cm³/mol. The summed E-state index contributed by atoms with van der Waals surface area (Å²) in [7, 11) is 0. The molecule has 2 aromatic rings. The first-order valence-corrected chi connectivity index (χ1v) is 7.72. The summed E-state index contributed by atoms with van der Waals surface area (Å²) in [4.78, 5) is 22.3. The van der Waals surface area contributed by atoms with Crippen molar-refractivity contribution in [2.45, 2.75) is 19.3 Å². The molecule has 0 spiro atoms. The van der Waals surface area contributed by atoms with Crippen LogP contribution >= 0.6 is 0 Å². The lowest BCUT2D eigenvalue weighted by atomic mass is 10.0. The van der Waals surface area contributed by atoms with Gasteiger partial charge in [-0.3, -0.25) is 0 Å². The fourth-order valence-electron chi connectivity index (χ4n) is 2.57. The summed E-state index contributed by atoms with van der Waals surface area (Å²) in [6, 6.07) is 11.2. The molecule has 1 aliphatic rings. The first-order valence-electron chi connectivity index (χ1n) is 7.72. The van der Waals surface area contributed by atoms with Gasteiger partial charge in [-0.05, 0) is 29.8 Å². The van der Waals surface area contributed by atoms with Gasteiger partial charge in [0, 0.05) is 12.5 Å². The summed E-state index contributed by atoms with van der Waals surface area (Å²) in [5.41, 5.74) is 1.01. The average molecular weight is 356 g/mol. The Morgan fingerprint density at radius 1 is 1.00 bits per heavy atom. The number of hydrogen-bond donors (Lipinski definition) is 2. The molecule has 2 N–H and O–H groups in total. The minimum Gasteiger partial charge on any atom is -0.489 e. The van der Waals surface area contributed by atoms with E-state index < -0.39 is 17.7 Å². The summed E-state index contributed by atoms with van der Waals surface area (Å²) in [5.74, 6) is -3.26. The summed E-state index contributed by atoms with van der Waals surface area (Å²) in [6.45, 7) is 1.96. The smallest absolute Gasteiger partial charge is 0.336 e. The van der Waals surface area contributed by atoms with Crippen molar-refractivity contribution in [1.29, 1.82) is 0 Å². The van der Waals surface area contributed by atoms with Crippen molar-refractivity contribution in [1.82, 2.24) is 0 Å². The van der Waals surface area contributed by atoms with Gasteiger partial charge in [0.15, 0.2) is 0 Å². The number of aromatic carboxylic acids is 2. The van der Waals surface area contributed by atoms with Crippen LogP contribution in [0, 0.1) is 0 Å². The minimum atomic E-state index is -1.33. The van der Waals surface area contributed by atoms with Crippen LogP contribution in [0.25, 0.3) is 0 Å². The number of carboxylic acid groups (broad SMARTS) is 2. The second-order valence-electron chi connectivity index (χ2n) is 5.76. The molecule has 0 bridgehead atoms. The highest BCUT2D eigenvalue weighted by atomic mass is 16.7. The number of carbonyl (C=O) groups is 2. The van der Waals surface area contributed by atoms with Crippen molar-refractivity contribution in [3.8, 4) is 5.75 Å². The van der Waals surface area contributed by atoms with E-state index in [4.69, 9.17) is 24.4 Å². The standard InChI is InChI=1S/C19H16O7/c1-19(25-7-8-26-19)13-4-2-3-12(9-13)11-24-14-5-6-15(17(20)21)16(10-14)18(22)23/h2-10H,11H2,1H3,(H,20,21)(H,22,23). The van der Waals surface area contributed by atoms with E-state index in [-0.39, 0.29) is 23.5 Å². The Bertz CT molecular complexity index is 877. The Kier molecular flexibility index (Phi) is 4.53. The van der Waals surface area contributed by atoms with Crippen LogP contribution in [0.5, 0.6) is 5.75 Å². The highest BCUT2D eigenvalue weighted by Crippen LogP contribution is 2.32. The molecular weight excluding hydrogens is 340 g/mol. The maximum absolute atomic E-state index is 11.2. The topological polar surface area (TPSA) is 102 Å². The van der Waals surface area contributed by atoms with Gasteiger partial charge in [0.25, 0.3) is 5.79 Å². The highest BCUT2D eigenvalue weighted by Gasteiger charge is 2.32. The van der Waals surface area contributed by atoms with Crippen LogP contribution in [-0.4, -0.2) is 22.2 Å². The molecule has 134 valence electrons. The third-order valence-corrected chi connectivity index (χ3v) is 3.95. The maximum atomic E-state index is 11.2. The molecule has 3 rings (SSSR count). The van der Waals surface area contributed by atoms with Crippen LogP contribution in [-0.2, 0) is 21.9 Å². The zero-order valence-corrected chi connectivity index (χ0v) is 13.8. The average Bonchev–Trinajstić information content (AvgIpc) is 3.08. The van der Waals surface area contributed by atoms with Crippen molar-refractivity contribution in [3.05, 3.63) is 77.2 Å². The van der Waals surface area contributed by atoms with Crippen LogP contribution in [0.3, 0.4) is 0 Å². The van der Waals surface area contributed by atoms with Crippen LogP contribution in [0.1, 0.15) is 38.8 Å². The number of hydrogen-bond acceptors (Lipinski definition) is 5. The van der Waals surface area contributed by atoms with Crippen LogP contribution in [0.15, 0.2) is 55.0 Å². The van der Waals surface area contributed by atoms with Gasteiger partial charge in [0.1, 0.15) is 24.9 Å². The van der Waals surface area contributed by atoms with Gasteiger partial charge in [-0.2, -0.15) is 0 Å². The molecule has 0 fully saturated rings. The molecule has 0 amide bonds. The van der Waals surface area contributed by atoms with Gasteiger partial charge in [-0.25, -0.2) is 9.59 Å². The fourth-order valence-corrected chi connectivity index (χ4v) is 2.57. The predicted octanol–water partition coefficient (Wildman–Crippen LogP) is 3.35. The highest BCUT2D eigenvalue weighted by molar-refractivity contribution is 6.01. The molecule has 0 aromatic heterocycles. The van der Waals surface area contributed by atoms with E-state index in [1.807, 2.05) is 24.3 Å². The molecule has 2 aromatic carbocycles. The summed E-state index contributed by atoms with van der Waals surface area (Å²) in [5, 5.41) is 18.2. The lowest BCUT2D eigenvalue weighted by Gasteiger charge is -2.23. The van der Waals surface area contributed by atoms with Crippen molar-refractivity contribution in [3.63, 3.8) is 0 Å². The van der Waals surface area contributed by atoms with Gasteiger partial charge in [-0.1, -0.05) is 18.2 Å². The van der Waals surface area contributed by atoms with Crippen molar-refractivity contribution in [2.24, 2.45) is 0 Å². The Labute approximate surface area is 149 Å².